The molecule has 226 valence electrons. The Labute approximate surface area is 251 Å². The van der Waals surface area contributed by atoms with E-state index in [1.807, 2.05) is 79.0 Å². The van der Waals surface area contributed by atoms with Gasteiger partial charge in [-0.15, -0.1) is 0 Å². The van der Waals surface area contributed by atoms with Gasteiger partial charge in [0.05, 0.1) is 39.6 Å². The highest BCUT2D eigenvalue weighted by Gasteiger charge is 2.36. The molecule has 3 unspecified atom stereocenters. The molecule has 1 aromatic heterocycles. The molecule has 1 amide bonds. The number of carboxylic acid groups (broad SMARTS) is 1. The minimum atomic E-state index is -0.991. The summed E-state index contributed by atoms with van der Waals surface area (Å²) in [6.45, 7) is 3.64. The van der Waals surface area contributed by atoms with Crippen LogP contribution in [0.2, 0.25) is 0 Å². The maximum Gasteiger partial charge on any atom is 0.407 e. The first-order valence-electron chi connectivity index (χ1n) is 14.6. The SMILES string of the molecule is COc1ccccc1COCCCOc1ccc(C2CCN(C(=O)O)CC2OC(C(C)=O)c2ccc3cc[nH]c3c2)cc1. The first-order valence-corrected chi connectivity index (χ1v) is 14.6. The van der Waals surface area contributed by atoms with E-state index in [0.717, 1.165) is 45.5 Å². The molecule has 1 aliphatic heterocycles. The number of rotatable bonds is 13. The number of likely N-dealkylation sites (tertiary alicyclic amines) is 1. The van der Waals surface area contributed by atoms with Crippen LogP contribution in [0.4, 0.5) is 4.79 Å². The van der Waals surface area contributed by atoms with E-state index in [0.29, 0.717) is 32.8 Å². The van der Waals surface area contributed by atoms with Crippen LogP contribution in [0.5, 0.6) is 11.5 Å². The number of benzene rings is 3. The first-order chi connectivity index (χ1) is 20.9. The van der Waals surface area contributed by atoms with Crippen LogP contribution in [0.1, 0.15) is 48.5 Å². The van der Waals surface area contributed by atoms with Crippen molar-refractivity contribution in [2.45, 2.75) is 44.5 Å². The van der Waals surface area contributed by atoms with Gasteiger partial charge in [0.1, 0.15) is 17.6 Å². The number of carbonyl (C=O) groups is 2. The number of methoxy groups -OCH3 is 1. The molecule has 1 saturated heterocycles. The Morgan fingerprint density at radius 2 is 1.86 bits per heavy atom. The van der Waals surface area contributed by atoms with E-state index in [1.165, 1.54) is 11.8 Å². The average Bonchev–Trinajstić information content (AvgIpc) is 3.50. The molecule has 43 heavy (non-hydrogen) atoms. The zero-order chi connectivity index (χ0) is 30.2. The molecule has 3 atom stereocenters. The number of aromatic amines is 1. The summed E-state index contributed by atoms with van der Waals surface area (Å²) in [5.41, 5.74) is 3.68. The topological polar surface area (TPSA) is 110 Å². The summed E-state index contributed by atoms with van der Waals surface area (Å²) in [7, 11) is 1.65. The normalized spacial score (nSPS) is 17.5. The number of ether oxygens (including phenoxy) is 4. The third kappa shape index (κ3) is 7.55. The number of hydrogen-bond donors (Lipinski definition) is 2. The maximum absolute atomic E-state index is 12.8. The van der Waals surface area contributed by atoms with Gasteiger partial charge < -0.3 is 33.9 Å². The summed E-state index contributed by atoms with van der Waals surface area (Å²) in [6.07, 6.45) is 0.884. The number of nitrogens with zero attached hydrogens (tertiary/aromatic N) is 1. The van der Waals surface area contributed by atoms with Crippen molar-refractivity contribution in [1.82, 2.24) is 9.88 Å². The van der Waals surface area contributed by atoms with Crippen LogP contribution in [0.3, 0.4) is 0 Å². The molecule has 5 rings (SSSR count). The number of H-pyrrole nitrogens is 1. The molecule has 2 heterocycles. The van der Waals surface area contributed by atoms with Crippen LogP contribution in [0.25, 0.3) is 10.9 Å². The standard InChI is InChI=1S/C34H38N2O7/c1-23(37)33(26-9-8-25-14-16-35-30(25)20-26)43-32-21-36(34(38)39)17-15-29(32)24-10-12-28(13-11-24)42-19-5-18-41-22-27-6-3-4-7-31(27)40-2/h3-4,6-14,16,20,29,32-33,35H,5,15,17-19,21-22H2,1-2H3,(H,38,39). The second-order valence-corrected chi connectivity index (χ2v) is 10.7. The molecular formula is C34H38N2O7. The third-order valence-corrected chi connectivity index (χ3v) is 7.85. The van der Waals surface area contributed by atoms with Crippen LogP contribution >= 0.6 is 0 Å². The van der Waals surface area contributed by atoms with Gasteiger partial charge in [-0.25, -0.2) is 4.79 Å². The molecule has 0 aliphatic carbocycles. The van der Waals surface area contributed by atoms with Gasteiger partial charge in [-0.3, -0.25) is 4.79 Å². The van der Waals surface area contributed by atoms with E-state index in [9.17, 15) is 14.7 Å². The van der Waals surface area contributed by atoms with Crippen molar-refractivity contribution in [3.05, 3.63) is 95.7 Å². The molecule has 9 heteroatoms. The van der Waals surface area contributed by atoms with Crippen molar-refractivity contribution < 1.29 is 33.6 Å². The van der Waals surface area contributed by atoms with E-state index in [4.69, 9.17) is 18.9 Å². The number of aromatic nitrogens is 1. The number of carbonyl (C=O) groups excluding carboxylic acids is 1. The number of piperidine rings is 1. The summed E-state index contributed by atoms with van der Waals surface area (Å²) in [4.78, 5) is 29.1. The summed E-state index contributed by atoms with van der Waals surface area (Å²) in [5, 5.41) is 10.7. The molecular weight excluding hydrogens is 548 g/mol. The summed E-state index contributed by atoms with van der Waals surface area (Å²) < 4.78 is 23.6. The number of Topliss-reactive ketones (excluding diaryl/α,β-unsaturated/α-hetero) is 1. The molecule has 9 nitrogen and oxygen atoms in total. The van der Waals surface area contributed by atoms with Gasteiger partial charge in [0.25, 0.3) is 0 Å². The molecule has 3 aromatic carbocycles. The van der Waals surface area contributed by atoms with Crippen LogP contribution in [-0.4, -0.2) is 66.4 Å². The second-order valence-electron chi connectivity index (χ2n) is 10.7. The molecule has 4 aromatic rings. The van der Waals surface area contributed by atoms with Crippen molar-refractivity contribution in [2.24, 2.45) is 0 Å². The van der Waals surface area contributed by atoms with E-state index >= 15 is 0 Å². The highest BCUT2D eigenvalue weighted by atomic mass is 16.5. The molecule has 1 aliphatic rings. The average molecular weight is 587 g/mol. The van der Waals surface area contributed by atoms with Gasteiger partial charge in [0.2, 0.25) is 0 Å². The van der Waals surface area contributed by atoms with Gasteiger partial charge >= 0.3 is 6.09 Å². The fraction of sp³-hybridized carbons (Fsp3) is 0.353. The lowest BCUT2D eigenvalue weighted by molar-refractivity contribution is -0.136. The number of nitrogens with one attached hydrogen (secondary N) is 1. The first kappa shape index (κ1) is 30.1. The lowest BCUT2D eigenvalue weighted by Crippen LogP contribution is -2.47. The van der Waals surface area contributed by atoms with Crippen molar-refractivity contribution >= 4 is 22.8 Å². The molecule has 0 radical (unpaired) electrons. The Balaban J connectivity index is 1.19. The summed E-state index contributed by atoms with van der Waals surface area (Å²) >= 11 is 0. The molecule has 1 fully saturated rings. The van der Waals surface area contributed by atoms with Gasteiger partial charge in [0.15, 0.2) is 5.78 Å². The van der Waals surface area contributed by atoms with E-state index in [-0.39, 0.29) is 18.2 Å². The maximum atomic E-state index is 12.8. The Bertz CT molecular complexity index is 1520. The predicted octanol–water partition coefficient (Wildman–Crippen LogP) is 6.35. The summed E-state index contributed by atoms with van der Waals surface area (Å²) in [6, 6.07) is 23.4. The molecule has 0 spiro atoms. The number of hydrogen-bond acceptors (Lipinski definition) is 6. The van der Waals surface area contributed by atoms with E-state index in [1.54, 1.807) is 7.11 Å². The van der Waals surface area contributed by atoms with Gasteiger partial charge in [-0.05, 0) is 60.2 Å². The van der Waals surface area contributed by atoms with Crippen LogP contribution < -0.4 is 9.47 Å². The highest BCUT2D eigenvalue weighted by Crippen LogP contribution is 2.35. The Morgan fingerprint density at radius 1 is 1.05 bits per heavy atom. The van der Waals surface area contributed by atoms with Crippen LogP contribution in [0.15, 0.2) is 79.0 Å². The van der Waals surface area contributed by atoms with E-state index < -0.39 is 18.3 Å². The number of para-hydroxylation sites is 1. The van der Waals surface area contributed by atoms with Crippen molar-refractivity contribution in [3.8, 4) is 11.5 Å². The predicted molar refractivity (Wildman–Crippen MR) is 163 cm³/mol. The Morgan fingerprint density at radius 3 is 2.63 bits per heavy atom. The summed E-state index contributed by atoms with van der Waals surface area (Å²) in [5.74, 6) is 1.35. The fourth-order valence-corrected chi connectivity index (χ4v) is 5.59. The van der Waals surface area contributed by atoms with Crippen molar-refractivity contribution in [1.29, 1.82) is 0 Å². The molecule has 0 saturated carbocycles. The zero-order valence-corrected chi connectivity index (χ0v) is 24.5. The Kier molecular flexibility index (Phi) is 9.96. The van der Waals surface area contributed by atoms with Crippen LogP contribution in [-0.2, 0) is 20.9 Å². The van der Waals surface area contributed by atoms with Crippen molar-refractivity contribution in [3.63, 3.8) is 0 Å². The number of amides is 1. The zero-order valence-electron chi connectivity index (χ0n) is 24.5. The lowest BCUT2D eigenvalue weighted by Gasteiger charge is -2.39. The molecule has 0 bridgehead atoms. The smallest absolute Gasteiger partial charge is 0.407 e. The lowest BCUT2D eigenvalue weighted by atomic mass is 9.86. The van der Waals surface area contributed by atoms with Gasteiger partial charge in [-0.2, -0.15) is 0 Å². The monoisotopic (exact) mass is 586 g/mol. The van der Waals surface area contributed by atoms with Gasteiger partial charge in [0, 0.05) is 36.2 Å². The largest absolute Gasteiger partial charge is 0.496 e. The quantitative estimate of drug-likeness (QED) is 0.176. The Hall–Kier alpha value is -4.34. The van der Waals surface area contributed by atoms with E-state index in [2.05, 4.69) is 4.98 Å². The third-order valence-electron chi connectivity index (χ3n) is 7.85. The highest BCUT2D eigenvalue weighted by molar-refractivity contribution is 5.85. The number of fused-ring (bicyclic) bond motifs is 1. The van der Waals surface area contributed by atoms with Crippen LogP contribution in [0, 0.1) is 0 Å². The number of ketones is 1. The minimum absolute atomic E-state index is 0.0795. The fourth-order valence-electron chi connectivity index (χ4n) is 5.59. The minimum Gasteiger partial charge on any atom is -0.496 e. The van der Waals surface area contributed by atoms with Crippen molar-refractivity contribution in [2.75, 3.05) is 33.4 Å². The second kappa shape index (κ2) is 14.2. The molecule has 2 N–H and O–H groups in total. The van der Waals surface area contributed by atoms with Gasteiger partial charge in [-0.1, -0.05) is 42.5 Å².